The fourth-order valence-electron chi connectivity index (χ4n) is 1.92. The van der Waals surface area contributed by atoms with E-state index in [0.717, 1.165) is 0 Å². The number of fused-ring (bicyclic) bond motifs is 1. The van der Waals surface area contributed by atoms with Gasteiger partial charge < -0.3 is 16.0 Å². The molecular formula is C14H16F6N4O. The van der Waals surface area contributed by atoms with Crippen LogP contribution in [0.4, 0.5) is 26.3 Å². The zero-order chi connectivity index (χ0) is 19.4. The maximum Gasteiger partial charge on any atom is 0.417 e. The van der Waals surface area contributed by atoms with Crippen LogP contribution >= 0.6 is 0 Å². The van der Waals surface area contributed by atoms with Gasteiger partial charge in [0.05, 0.1) is 35.2 Å². The number of hydrogen-bond acceptors (Lipinski definition) is 3. The van der Waals surface area contributed by atoms with Crippen LogP contribution in [0.3, 0.4) is 0 Å². The first kappa shape index (κ1) is 20.7. The van der Waals surface area contributed by atoms with Crippen LogP contribution in [0, 0.1) is 0 Å². The molecular weight excluding hydrogens is 354 g/mol. The number of hydrogen-bond donors (Lipinski definition) is 3. The number of H-pyrrole nitrogens is 1. The number of carbonyl (C=O) groups is 1. The summed E-state index contributed by atoms with van der Waals surface area (Å²) in [4.78, 5) is 17.2. The molecule has 0 bridgehead atoms. The average molecular weight is 370 g/mol. The third-order valence-corrected chi connectivity index (χ3v) is 2.92. The van der Waals surface area contributed by atoms with Gasteiger partial charge in [-0.15, -0.1) is 0 Å². The molecule has 2 rings (SSSR count). The predicted molar refractivity (Wildman–Crippen MR) is 78.3 cm³/mol. The number of imidazole rings is 1. The molecule has 140 valence electrons. The normalized spacial score (nSPS) is 11.9. The molecule has 2 aromatic rings. The topological polar surface area (TPSA) is 83.8 Å². The molecule has 0 saturated carbocycles. The molecule has 4 N–H and O–H groups in total. The van der Waals surface area contributed by atoms with Crippen molar-refractivity contribution in [3.05, 3.63) is 29.1 Å². The third-order valence-electron chi connectivity index (χ3n) is 2.92. The smallest absolute Gasteiger partial charge is 0.348 e. The van der Waals surface area contributed by atoms with E-state index in [1.807, 2.05) is 13.8 Å². The monoisotopic (exact) mass is 370 g/mol. The molecule has 1 aromatic carbocycles. The molecule has 0 aliphatic heterocycles. The van der Waals surface area contributed by atoms with Gasteiger partial charge in [-0.1, -0.05) is 13.8 Å². The summed E-state index contributed by atoms with van der Waals surface area (Å²) in [5, 5.41) is 2.30. The summed E-state index contributed by atoms with van der Waals surface area (Å²) in [5.74, 6) is -0.535. The number of carbonyl (C=O) groups excluding carboxylic acids is 1. The van der Waals surface area contributed by atoms with E-state index in [9.17, 15) is 31.1 Å². The quantitative estimate of drug-likeness (QED) is 0.726. The van der Waals surface area contributed by atoms with Gasteiger partial charge in [0.1, 0.15) is 5.82 Å². The lowest BCUT2D eigenvalue weighted by atomic mass is 10.1. The minimum absolute atomic E-state index is 0.00856. The van der Waals surface area contributed by atoms with Gasteiger partial charge in [0.15, 0.2) is 0 Å². The number of amides is 1. The average Bonchev–Trinajstić information content (AvgIpc) is 2.93. The highest BCUT2D eigenvalue weighted by Crippen LogP contribution is 2.41. The standard InChI is InChI=1S/C12H10F6N4O.C2H6/c13-11(14,15)5-1-7-8(2-6(5)12(16,17)18)22-9(21-7)4-20-10(23)3-19;1-2/h1-2H,3-4,19H2,(H,20,23)(H,21,22);1-2H3. The van der Waals surface area contributed by atoms with Gasteiger partial charge in [-0.25, -0.2) is 4.98 Å². The Hall–Kier alpha value is -2.30. The summed E-state index contributed by atoms with van der Waals surface area (Å²) in [6.07, 6.45) is -10.3. The molecule has 0 spiro atoms. The van der Waals surface area contributed by atoms with E-state index in [1.54, 1.807) is 0 Å². The third kappa shape index (κ3) is 5.08. The van der Waals surface area contributed by atoms with Crippen molar-refractivity contribution < 1.29 is 31.1 Å². The Morgan fingerprint density at radius 1 is 1.12 bits per heavy atom. The highest BCUT2D eigenvalue weighted by Gasteiger charge is 2.43. The molecule has 25 heavy (non-hydrogen) atoms. The van der Waals surface area contributed by atoms with Gasteiger partial charge in [-0.05, 0) is 12.1 Å². The van der Waals surface area contributed by atoms with Crippen LogP contribution in [-0.2, 0) is 23.7 Å². The molecule has 0 fully saturated rings. The zero-order valence-electron chi connectivity index (χ0n) is 13.3. The summed E-state index contributed by atoms with van der Waals surface area (Å²) in [7, 11) is 0. The second kappa shape index (κ2) is 7.72. The van der Waals surface area contributed by atoms with Crippen LogP contribution in [0.5, 0.6) is 0 Å². The Morgan fingerprint density at radius 3 is 2.12 bits per heavy atom. The Bertz CT molecular complexity index is 684. The van der Waals surface area contributed by atoms with Gasteiger partial charge in [0.2, 0.25) is 5.91 Å². The van der Waals surface area contributed by atoms with E-state index in [2.05, 4.69) is 15.3 Å². The molecule has 0 atom stereocenters. The van der Waals surface area contributed by atoms with Crippen molar-refractivity contribution in [3.63, 3.8) is 0 Å². The number of halogens is 6. The Labute approximate surface area is 138 Å². The first-order chi connectivity index (χ1) is 11.5. The molecule has 1 heterocycles. The molecule has 1 amide bonds. The number of nitrogens with zero attached hydrogens (tertiary/aromatic N) is 1. The molecule has 0 unspecified atom stereocenters. The van der Waals surface area contributed by atoms with Crippen LogP contribution in [0.1, 0.15) is 30.8 Å². The summed E-state index contributed by atoms with van der Waals surface area (Å²) in [6, 6.07) is 0.669. The predicted octanol–water partition coefficient (Wildman–Crippen LogP) is 3.20. The first-order valence-corrected chi connectivity index (χ1v) is 7.16. The van der Waals surface area contributed by atoms with Crippen molar-refractivity contribution in [2.24, 2.45) is 5.73 Å². The number of aromatic nitrogens is 2. The van der Waals surface area contributed by atoms with Gasteiger partial charge >= 0.3 is 12.4 Å². The zero-order valence-corrected chi connectivity index (χ0v) is 13.3. The largest absolute Gasteiger partial charge is 0.417 e. The van der Waals surface area contributed by atoms with Crippen molar-refractivity contribution in [1.29, 1.82) is 0 Å². The van der Waals surface area contributed by atoms with Crippen LogP contribution < -0.4 is 11.1 Å². The number of benzene rings is 1. The van der Waals surface area contributed by atoms with E-state index in [0.29, 0.717) is 12.1 Å². The summed E-state index contributed by atoms with van der Waals surface area (Å²) in [5.41, 5.74) is 0.920. The van der Waals surface area contributed by atoms with E-state index < -0.39 is 29.4 Å². The van der Waals surface area contributed by atoms with Crippen molar-refractivity contribution >= 4 is 16.9 Å². The lowest BCUT2D eigenvalue weighted by molar-refractivity contribution is -0.161. The fourth-order valence-corrected chi connectivity index (χ4v) is 1.92. The minimum atomic E-state index is -5.17. The summed E-state index contributed by atoms with van der Waals surface area (Å²) < 4.78 is 76.8. The lowest BCUT2D eigenvalue weighted by Crippen LogP contribution is -2.30. The van der Waals surface area contributed by atoms with Gasteiger partial charge in [0.25, 0.3) is 0 Å². The second-order valence-electron chi connectivity index (χ2n) is 4.57. The van der Waals surface area contributed by atoms with Gasteiger partial charge in [-0.2, -0.15) is 26.3 Å². The van der Waals surface area contributed by atoms with Crippen molar-refractivity contribution in [2.45, 2.75) is 32.7 Å². The van der Waals surface area contributed by atoms with E-state index >= 15 is 0 Å². The van der Waals surface area contributed by atoms with Gasteiger partial charge in [0, 0.05) is 0 Å². The molecule has 0 aliphatic carbocycles. The van der Waals surface area contributed by atoms with Crippen molar-refractivity contribution in [3.8, 4) is 0 Å². The van der Waals surface area contributed by atoms with Crippen LogP contribution in [-0.4, -0.2) is 22.4 Å². The molecule has 0 radical (unpaired) electrons. The number of aromatic amines is 1. The summed E-state index contributed by atoms with van der Waals surface area (Å²) in [6.45, 7) is 3.49. The Morgan fingerprint density at radius 2 is 1.64 bits per heavy atom. The maximum atomic E-state index is 12.8. The number of rotatable bonds is 3. The Kier molecular flexibility index (Phi) is 6.41. The van der Waals surface area contributed by atoms with Crippen molar-refractivity contribution in [1.82, 2.24) is 15.3 Å². The number of nitrogens with two attached hydrogens (primary N) is 1. The summed E-state index contributed by atoms with van der Waals surface area (Å²) >= 11 is 0. The minimum Gasteiger partial charge on any atom is -0.348 e. The lowest BCUT2D eigenvalue weighted by Gasteiger charge is -2.15. The molecule has 0 saturated heterocycles. The molecule has 0 aliphatic rings. The molecule has 5 nitrogen and oxygen atoms in total. The molecule has 1 aromatic heterocycles. The maximum absolute atomic E-state index is 12.8. The molecule has 11 heteroatoms. The van der Waals surface area contributed by atoms with Crippen LogP contribution in [0.2, 0.25) is 0 Å². The highest BCUT2D eigenvalue weighted by atomic mass is 19.4. The van der Waals surface area contributed by atoms with Crippen LogP contribution in [0.15, 0.2) is 12.1 Å². The Balaban J connectivity index is 0.00000151. The van der Waals surface area contributed by atoms with E-state index in [4.69, 9.17) is 5.73 Å². The first-order valence-electron chi connectivity index (χ1n) is 7.16. The SMILES string of the molecule is CC.NCC(=O)NCc1nc2cc(C(F)(F)F)c(C(F)(F)F)cc2[nH]1. The number of alkyl halides is 6. The van der Waals surface area contributed by atoms with Crippen LogP contribution in [0.25, 0.3) is 11.0 Å². The fraction of sp³-hybridized carbons (Fsp3) is 0.429. The number of nitrogens with one attached hydrogen (secondary N) is 2. The van der Waals surface area contributed by atoms with E-state index in [-0.39, 0.29) is 29.9 Å². The van der Waals surface area contributed by atoms with E-state index in [1.165, 1.54) is 0 Å². The second-order valence-corrected chi connectivity index (χ2v) is 4.57. The van der Waals surface area contributed by atoms with Gasteiger partial charge in [-0.3, -0.25) is 4.79 Å². The van der Waals surface area contributed by atoms with Crippen molar-refractivity contribution in [2.75, 3.05) is 6.54 Å². The highest BCUT2D eigenvalue weighted by molar-refractivity contribution is 5.79.